The lowest BCUT2D eigenvalue weighted by Crippen LogP contribution is -2.08. The maximum absolute atomic E-state index is 10.5. The zero-order valence-electron chi connectivity index (χ0n) is 11.2. The SMILES string of the molecule is CCCCCCC[C@H](C)C[C@H](C)CC(=O)O. The molecule has 0 unspecified atom stereocenters. The van der Waals surface area contributed by atoms with Crippen LogP contribution in [0.4, 0.5) is 0 Å². The van der Waals surface area contributed by atoms with Crippen molar-refractivity contribution in [1.82, 2.24) is 0 Å². The van der Waals surface area contributed by atoms with Gasteiger partial charge in [0.2, 0.25) is 0 Å². The lowest BCUT2D eigenvalue weighted by Gasteiger charge is -2.15. The van der Waals surface area contributed by atoms with Crippen molar-refractivity contribution < 1.29 is 9.90 Å². The summed E-state index contributed by atoms with van der Waals surface area (Å²) in [6, 6.07) is 0. The molecule has 2 heteroatoms. The summed E-state index contributed by atoms with van der Waals surface area (Å²) in [7, 11) is 0. The van der Waals surface area contributed by atoms with Crippen molar-refractivity contribution in [2.45, 2.75) is 72.1 Å². The third kappa shape index (κ3) is 10.0. The fraction of sp³-hybridized carbons (Fsp3) is 0.929. The minimum atomic E-state index is -0.664. The summed E-state index contributed by atoms with van der Waals surface area (Å²) in [5.41, 5.74) is 0. The lowest BCUT2D eigenvalue weighted by molar-refractivity contribution is -0.138. The molecule has 0 radical (unpaired) electrons. The number of aliphatic carboxylic acids is 1. The van der Waals surface area contributed by atoms with Crippen molar-refractivity contribution in [2.75, 3.05) is 0 Å². The highest BCUT2D eigenvalue weighted by molar-refractivity contribution is 5.66. The van der Waals surface area contributed by atoms with Crippen LogP contribution in [0.1, 0.15) is 72.1 Å². The Balaban J connectivity index is 3.42. The Kier molecular flexibility index (Phi) is 9.36. The van der Waals surface area contributed by atoms with Crippen LogP contribution < -0.4 is 0 Å². The van der Waals surface area contributed by atoms with Crippen LogP contribution >= 0.6 is 0 Å². The third-order valence-corrected chi connectivity index (χ3v) is 3.13. The van der Waals surface area contributed by atoms with Gasteiger partial charge in [-0.15, -0.1) is 0 Å². The minimum Gasteiger partial charge on any atom is -0.481 e. The Morgan fingerprint density at radius 3 is 2.25 bits per heavy atom. The molecule has 0 spiro atoms. The first-order chi connectivity index (χ1) is 7.56. The predicted octanol–water partition coefficient (Wildman–Crippen LogP) is 4.48. The zero-order valence-corrected chi connectivity index (χ0v) is 11.2. The molecule has 96 valence electrons. The summed E-state index contributed by atoms with van der Waals surface area (Å²) in [6.07, 6.45) is 9.28. The van der Waals surface area contributed by atoms with E-state index in [2.05, 4.69) is 13.8 Å². The second-order valence-electron chi connectivity index (χ2n) is 5.25. The maximum Gasteiger partial charge on any atom is 0.303 e. The van der Waals surface area contributed by atoms with E-state index in [9.17, 15) is 4.79 Å². The molecule has 16 heavy (non-hydrogen) atoms. The fourth-order valence-electron chi connectivity index (χ4n) is 2.28. The van der Waals surface area contributed by atoms with Gasteiger partial charge in [0.1, 0.15) is 0 Å². The number of carbonyl (C=O) groups is 1. The highest BCUT2D eigenvalue weighted by Gasteiger charge is 2.11. The number of carboxylic acids is 1. The van der Waals surface area contributed by atoms with E-state index in [-0.39, 0.29) is 0 Å². The van der Waals surface area contributed by atoms with Gasteiger partial charge in [0.15, 0.2) is 0 Å². The summed E-state index contributed by atoms with van der Waals surface area (Å²) in [6.45, 7) is 6.52. The third-order valence-electron chi connectivity index (χ3n) is 3.13. The van der Waals surface area contributed by atoms with Crippen LogP contribution in [0, 0.1) is 11.8 Å². The fourth-order valence-corrected chi connectivity index (χ4v) is 2.28. The number of carboxylic acid groups (broad SMARTS) is 1. The average molecular weight is 228 g/mol. The van der Waals surface area contributed by atoms with E-state index < -0.39 is 5.97 Å². The largest absolute Gasteiger partial charge is 0.481 e. The molecule has 0 rings (SSSR count). The first-order valence-electron chi connectivity index (χ1n) is 6.78. The Morgan fingerprint density at radius 2 is 1.69 bits per heavy atom. The molecule has 0 fully saturated rings. The summed E-state index contributed by atoms with van der Waals surface area (Å²) in [4.78, 5) is 10.5. The highest BCUT2D eigenvalue weighted by Crippen LogP contribution is 2.20. The molecule has 0 aromatic heterocycles. The molecule has 0 amide bonds. The number of rotatable bonds is 10. The maximum atomic E-state index is 10.5. The van der Waals surface area contributed by atoms with Gasteiger partial charge in [0.05, 0.1) is 0 Å². The molecule has 2 atom stereocenters. The van der Waals surface area contributed by atoms with E-state index in [4.69, 9.17) is 5.11 Å². The first kappa shape index (κ1) is 15.5. The Bertz CT molecular complexity index is 178. The van der Waals surface area contributed by atoms with Crippen molar-refractivity contribution >= 4 is 5.97 Å². The quantitative estimate of drug-likeness (QED) is 0.560. The molecule has 0 aliphatic heterocycles. The van der Waals surface area contributed by atoms with Crippen molar-refractivity contribution in [2.24, 2.45) is 11.8 Å². The van der Waals surface area contributed by atoms with Gasteiger partial charge in [-0.1, -0.05) is 59.3 Å². The topological polar surface area (TPSA) is 37.3 Å². The van der Waals surface area contributed by atoms with Crippen LogP contribution in [-0.4, -0.2) is 11.1 Å². The monoisotopic (exact) mass is 228 g/mol. The number of hydrogen-bond acceptors (Lipinski definition) is 1. The van der Waals surface area contributed by atoms with Crippen LogP contribution in [-0.2, 0) is 4.79 Å². The molecule has 0 heterocycles. The van der Waals surface area contributed by atoms with Crippen LogP contribution in [0.15, 0.2) is 0 Å². The van der Waals surface area contributed by atoms with Crippen LogP contribution in [0.5, 0.6) is 0 Å². The van der Waals surface area contributed by atoms with Crippen LogP contribution in [0.2, 0.25) is 0 Å². The number of hydrogen-bond donors (Lipinski definition) is 1. The van der Waals surface area contributed by atoms with Crippen LogP contribution in [0.25, 0.3) is 0 Å². The smallest absolute Gasteiger partial charge is 0.303 e. The summed E-state index contributed by atoms with van der Waals surface area (Å²) in [5.74, 6) is 0.335. The zero-order chi connectivity index (χ0) is 12.4. The van der Waals surface area contributed by atoms with Crippen molar-refractivity contribution in [3.63, 3.8) is 0 Å². The normalized spacial score (nSPS) is 14.7. The highest BCUT2D eigenvalue weighted by atomic mass is 16.4. The van der Waals surface area contributed by atoms with E-state index in [1.165, 1.54) is 38.5 Å². The van der Waals surface area contributed by atoms with Gasteiger partial charge in [-0.2, -0.15) is 0 Å². The first-order valence-corrected chi connectivity index (χ1v) is 6.78. The van der Waals surface area contributed by atoms with Gasteiger partial charge in [-0.25, -0.2) is 0 Å². The molecule has 0 aromatic rings. The van der Waals surface area contributed by atoms with Gasteiger partial charge < -0.3 is 5.11 Å². The molecule has 0 saturated heterocycles. The van der Waals surface area contributed by atoms with Gasteiger partial charge in [-0.3, -0.25) is 4.79 Å². The molecule has 0 saturated carbocycles. The van der Waals surface area contributed by atoms with E-state index >= 15 is 0 Å². The van der Waals surface area contributed by atoms with E-state index in [1.807, 2.05) is 6.92 Å². The standard InChI is InChI=1S/C14H28O2/c1-4-5-6-7-8-9-12(2)10-13(3)11-14(15)16/h12-13H,4-11H2,1-3H3,(H,15,16)/t12-,13-/m0/s1. The lowest BCUT2D eigenvalue weighted by atomic mass is 9.91. The number of unbranched alkanes of at least 4 members (excludes halogenated alkanes) is 4. The molecule has 0 aliphatic rings. The second-order valence-corrected chi connectivity index (χ2v) is 5.25. The molecule has 0 bridgehead atoms. The van der Waals surface area contributed by atoms with Gasteiger partial charge in [-0.05, 0) is 18.3 Å². The molecule has 1 N–H and O–H groups in total. The molecule has 0 aliphatic carbocycles. The van der Waals surface area contributed by atoms with Crippen LogP contribution in [0.3, 0.4) is 0 Å². The summed E-state index contributed by atoms with van der Waals surface area (Å²) >= 11 is 0. The van der Waals surface area contributed by atoms with E-state index in [1.54, 1.807) is 0 Å². The molecule has 0 aromatic carbocycles. The van der Waals surface area contributed by atoms with E-state index in [0.717, 1.165) is 6.42 Å². The Hall–Kier alpha value is -0.530. The predicted molar refractivity (Wildman–Crippen MR) is 68.6 cm³/mol. The molecule has 2 nitrogen and oxygen atoms in total. The summed E-state index contributed by atoms with van der Waals surface area (Å²) < 4.78 is 0. The van der Waals surface area contributed by atoms with Gasteiger partial charge in [0, 0.05) is 6.42 Å². The average Bonchev–Trinajstić information content (AvgIpc) is 2.15. The Morgan fingerprint density at radius 1 is 1.06 bits per heavy atom. The van der Waals surface area contributed by atoms with Gasteiger partial charge in [0.25, 0.3) is 0 Å². The second kappa shape index (κ2) is 9.68. The Labute approximate surface area is 100 Å². The van der Waals surface area contributed by atoms with Crippen molar-refractivity contribution in [3.05, 3.63) is 0 Å². The minimum absolute atomic E-state index is 0.320. The summed E-state index contributed by atoms with van der Waals surface area (Å²) in [5, 5.41) is 8.67. The van der Waals surface area contributed by atoms with Crippen molar-refractivity contribution in [3.8, 4) is 0 Å². The van der Waals surface area contributed by atoms with E-state index in [0.29, 0.717) is 18.3 Å². The molecular weight excluding hydrogens is 200 g/mol. The molecular formula is C14H28O2. The van der Waals surface area contributed by atoms with Crippen molar-refractivity contribution in [1.29, 1.82) is 0 Å². The van der Waals surface area contributed by atoms with Gasteiger partial charge >= 0.3 is 5.97 Å².